The van der Waals surface area contributed by atoms with E-state index in [1.165, 1.54) is 35.4 Å². The highest BCUT2D eigenvalue weighted by Gasteiger charge is 2.31. The van der Waals surface area contributed by atoms with Gasteiger partial charge in [0.15, 0.2) is 11.2 Å². The number of benzene rings is 1. The normalized spacial score (nSPS) is 11.8. The lowest BCUT2D eigenvalue weighted by molar-refractivity contribution is -0.274. The first-order valence-electron chi connectivity index (χ1n) is 8.48. The number of rotatable bonds is 6. The van der Waals surface area contributed by atoms with E-state index in [1.54, 1.807) is 0 Å². The Morgan fingerprint density at radius 1 is 1.14 bits per heavy atom. The van der Waals surface area contributed by atoms with Gasteiger partial charge in [-0.25, -0.2) is 4.79 Å². The lowest BCUT2D eigenvalue weighted by Crippen LogP contribution is -2.37. The molecule has 12 heteroatoms. The number of nitrogens with one attached hydrogen (secondary N) is 1. The molecule has 0 saturated carbocycles. The number of fused-ring (bicyclic) bond motifs is 1. The van der Waals surface area contributed by atoms with Gasteiger partial charge in [0.2, 0.25) is 5.95 Å². The van der Waals surface area contributed by atoms with Gasteiger partial charge in [-0.15, -0.1) is 13.2 Å². The van der Waals surface area contributed by atoms with Crippen LogP contribution < -0.4 is 21.3 Å². The van der Waals surface area contributed by atoms with Crippen molar-refractivity contribution < 1.29 is 23.0 Å². The van der Waals surface area contributed by atoms with Crippen LogP contribution in [0.15, 0.2) is 33.9 Å². The van der Waals surface area contributed by atoms with Crippen molar-refractivity contribution in [3.8, 4) is 5.75 Å². The second kappa shape index (κ2) is 7.62. The SMILES string of the molecule is Cn1c(=O)c2c(nc(NCCO)n2Cc2ccc(OC(F)(F)F)cc2)n(C)c1=O. The molecular formula is C17H18F3N5O4. The second-order valence-electron chi connectivity index (χ2n) is 6.24. The van der Waals surface area contributed by atoms with Gasteiger partial charge in [0.1, 0.15) is 5.75 Å². The fraction of sp³-hybridized carbons (Fsp3) is 0.353. The van der Waals surface area contributed by atoms with E-state index < -0.39 is 17.6 Å². The predicted octanol–water partition coefficient (Wildman–Crippen LogP) is 0.785. The van der Waals surface area contributed by atoms with Crippen molar-refractivity contribution in [1.29, 1.82) is 0 Å². The largest absolute Gasteiger partial charge is 0.573 e. The molecule has 0 aliphatic rings. The van der Waals surface area contributed by atoms with Crippen LogP contribution in [0.2, 0.25) is 0 Å². The van der Waals surface area contributed by atoms with E-state index in [0.29, 0.717) is 5.56 Å². The Balaban J connectivity index is 2.07. The number of aliphatic hydroxyl groups is 1. The maximum Gasteiger partial charge on any atom is 0.573 e. The zero-order chi connectivity index (χ0) is 21.3. The first-order valence-corrected chi connectivity index (χ1v) is 8.48. The lowest BCUT2D eigenvalue weighted by atomic mass is 10.2. The Kier molecular flexibility index (Phi) is 5.38. The summed E-state index contributed by atoms with van der Waals surface area (Å²) in [5.74, 6) is -0.128. The minimum atomic E-state index is -4.79. The molecule has 156 valence electrons. The van der Waals surface area contributed by atoms with Gasteiger partial charge in [-0.3, -0.25) is 18.5 Å². The number of aryl methyl sites for hydroxylation is 1. The van der Waals surface area contributed by atoms with Crippen molar-refractivity contribution in [3.05, 3.63) is 50.7 Å². The molecule has 0 fully saturated rings. The van der Waals surface area contributed by atoms with Crippen LogP contribution in [0.3, 0.4) is 0 Å². The number of halogens is 3. The monoisotopic (exact) mass is 413 g/mol. The molecule has 0 aliphatic heterocycles. The quantitative estimate of drug-likeness (QED) is 0.619. The highest BCUT2D eigenvalue weighted by molar-refractivity contribution is 5.74. The van der Waals surface area contributed by atoms with E-state index in [1.807, 2.05) is 0 Å². The van der Waals surface area contributed by atoms with Crippen LogP contribution in [0.1, 0.15) is 5.56 Å². The Morgan fingerprint density at radius 3 is 2.38 bits per heavy atom. The summed E-state index contributed by atoms with van der Waals surface area (Å²) in [6.07, 6.45) is -4.79. The third-order valence-corrected chi connectivity index (χ3v) is 4.24. The maximum atomic E-state index is 12.7. The molecule has 29 heavy (non-hydrogen) atoms. The molecule has 2 aromatic heterocycles. The van der Waals surface area contributed by atoms with E-state index in [2.05, 4.69) is 15.0 Å². The molecule has 0 unspecified atom stereocenters. The summed E-state index contributed by atoms with van der Waals surface area (Å²) < 4.78 is 44.5. The minimum Gasteiger partial charge on any atom is -0.406 e. The zero-order valence-corrected chi connectivity index (χ0v) is 15.5. The van der Waals surface area contributed by atoms with Gasteiger partial charge in [0, 0.05) is 20.6 Å². The molecule has 2 N–H and O–H groups in total. The van der Waals surface area contributed by atoms with E-state index in [9.17, 15) is 22.8 Å². The number of anilines is 1. The smallest absolute Gasteiger partial charge is 0.406 e. The molecule has 3 aromatic rings. The average molecular weight is 413 g/mol. The summed E-state index contributed by atoms with van der Waals surface area (Å²) in [5.41, 5.74) is -0.248. The molecule has 0 amide bonds. The van der Waals surface area contributed by atoms with Crippen molar-refractivity contribution in [3.63, 3.8) is 0 Å². The topological polar surface area (TPSA) is 103 Å². The van der Waals surface area contributed by atoms with Gasteiger partial charge in [0.25, 0.3) is 5.56 Å². The number of aliphatic hydroxyl groups excluding tert-OH is 1. The average Bonchev–Trinajstić information content (AvgIpc) is 3.01. The van der Waals surface area contributed by atoms with Gasteiger partial charge < -0.3 is 15.2 Å². The number of imidazole rings is 1. The summed E-state index contributed by atoms with van der Waals surface area (Å²) in [6, 6.07) is 5.18. The van der Waals surface area contributed by atoms with Gasteiger partial charge in [-0.2, -0.15) is 4.98 Å². The Hall–Kier alpha value is -3.28. The van der Waals surface area contributed by atoms with Crippen molar-refractivity contribution in [2.24, 2.45) is 14.1 Å². The minimum absolute atomic E-state index is 0.0873. The molecule has 0 atom stereocenters. The predicted molar refractivity (Wildman–Crippen MR) is 98.0 cm³/mol. The zero-order valence-electron chi connectivity index (χ0n) is 15.5. The van der Waals surface area contributed by atoms with Crippen molar-refractivity contribution in [2.75, 3.05) is 18.5 Å². The van der Waals surface area contributed by atoms with Crippen LogP contribution in [0.25, 0.3) is 11.2 Å². The van der Waals surface area contributed by atoms with E-state index in [-0.39, 0.29) is 42.6 Å². The van der Waals surface area contributed by atoms with Gasteiger partial charge >= 0.3 is 12.1 Å². The van der Waals surface area contributed by atoms with E-state index in [4.69, 9.17) is 5.11 Å². The number of nitrogens with zero attached hydrogens (tertiary/aromatic N) is 4. The Morgan fingerprint density at radius 2 is 1.79 bits per heavy atom. The molecule has 1 aromatic carbocycles. The van der Waals surface area contributed by atoms with E-state index in [0.717, 1.165) is 16.7 Å². The molecule has 0 aliphatic carbocycles. The third-order valence-electron chi connectivity index (χ3n) is 4.24. The van der Waals surface area contributed by atoms with Crippen LogP contribution in [0.4, 0.5) is 19.1 Å². The fourth-order valence-corrected chi connectivity index (χ4v) is 2.88. The number of ether oxygens (including phenoxy) is 1. The Labute approximate surface area is 161 Å². The van der Waals surface area contributed by atoms with Crippen LogP contribution >= 0.6 is 0 Å². The van der Waals surface area contributed by atoms with Crippen molar-refractivity contribution in [1.82, 2.24) is 18.7 Å². The van der Waals surface area contributed by atoms with Crippen LogP contribution in [-0.2, 0) is 20.6 Å². The molecule has 9 nitrogen and oxygen atoms in total. The van der Waals surface area contributed by atoms with Crippen molar-refractivity contribution >= 4 is 17.1 Å². The molecular weight excluding hydrogens is 395 g/mol. The van der Waals surface area contributed by atoms with Gasteiger partial charge in [-0.05, 0) is 17.7 Å². The lowest BCUT2D eigenvalue weighted by Gasteiger charge is -2.12. The van der Waals surface area contributed by atoms with E-state index >= 15 is 0 Å². The number of aromatic nitrogens is 4. The first kappa shape index (κ1) is 20.5. The van der Waals surface area contributed by atoms with Crippen molar-refractivity contribution in [2.45, 2.75) is 12.9 Å². The second-order valence-corrected chi connectivity index (χ2v) is 6.24. The number of hydrogen-bond donors (Lipinski definition) is 2. The molecule has 0 radical (unpaired) electrons. The van der Waals surface area contributed by atoms with Gasteiger partial charge in [-0.1, -0.05) is 12.1 Å². The number of alkyl halides is 3. The van der Waals surface area contributed by atoms with Crippen LogP contribution in [0, 0.1) is 0 Å². The highest BCUT2D eigenvalue weighted by atomic mass is 19.4. The van der Waals surface area contributed by atoms with Crippen LogP contribution in [-0.4, -0.2) is 43.3 Å². The molecule has 0 bridgehead atoms. The molecule has 2 heterocycles. The standard InChI is InChI=1S/C17H18F3N5O4/c1-23-13-12(14(27)24(2)16(23)28)25(15(22-13)21-7-8-26)9-10-3-5-11(6-4-10)29-17(18,19)20/h3-6,26H,7-9H2,1-2H3,(H,21,22). The first-order chi connectivity index (χ1) is 13.6. The summed E-state index contributed by atoms with van der Waals surface area (Å²) in [4.78, 5) is 29.1. The Bertz CT molecular complexity index is 1150. The van der Waals surface area contributed by atoms with Crippen LogP contribution in [0.5, 0.6) is 5.75 Å². The summed E-state index contributed by atoms with van der Waals surface area (Å²) in [7, 11) is 2.81. The third kappa shape index (κ3) is 4.11. The molecule has 0 spiro atoms. The summed E-state index contributed by atoms with van der Waals surface area (Å²) in [5, 5.41) is 12.0. The number of hydrogen-bond acceptors (Lipinski definition) is 6. The molecule has 3 rings (SSSR count). The molecule has 0 saturated heterocycles. The summed E-state index contributed by atoms with van der Waals surface area (Å²) in [6.45, 7) is 0.0452. The maximum absolute atomic E-state index is 12.7. The van der Waals surface area contributed by atoms with Gasteiger partial charge in [0.05, 0.1) is 13.2 Å². The summed E-state index contributed by atoms with van der Waals surface area (Å²) >= 11 is 0. The highest BCUT2D eigenvalue weighted by Crippen LogP contribution is 2.24. The fourth-order valence-electron chi connectivity index (χ4n) is 2.88.